The Bertz CT molecular complexity index is 318. The number of nitrogens with one attached hydrogen (secondary N) is 2. The molecule has 0 aliphatic carbocycles. The maximum atomic E-state index is 11.6. The van der Waals surface area contributed by atoms with Crippen molar-refractivity contribution < 1.29 is 14.4 Å². The van der Waals surface area contributed by atoms with Crippen LogP contribution in [0.15, 0.2) is 0 Å². The van der Waals surface area contributed by atoms with Crippen LogP contribution < -0.4 is 10.6 Å². The predicted octanol–water partition coefficient (Wildman–Crippen LogP) is -0.368. The van der Waals surface area contributed by atoms with Gasteiger partial charge in [-0.25, -0.2) is 4.79 Å². The molecule has 4 amide bonds. The van der Waals surface area contributed by atoms with Gasteiger partial charge in [0.05, 0.1) is 13.1 Å². The molecule has 0 saturated heterocycles. The molecule has 7 heteroatoms. The molecule has 0 fully saturated rings. The summed E-state index contributed by atoms with van der Waals surface area (Å²) in [5.41, 5.74) is 0. The number of hydrogen-bond acceptors (Lipinski definition) is 4. The van der Waals surface area contributed by atoms with E-state index in [-0.39, 0.29) is 19.0 Å². The number of carbonyl (C=O) groups is 3. The molecular formula is C12H24N4O3. The first kappa shape index (κ1) is 17.4. The molecule has 2 N–H and O–H groups in total. The summed E-state index contributed by atoms with van der Waals surface area (Å²) in [5, 5.41) is 4.69. The quantitative estimate of drug-likeness (QED) is 0.662. The van der Waals surface area contributed by atoms with Gasteiger partial charge in [0.25, 0.3) is 0 Å². The van der Waals surface area contributed by atoms with Gasteiger partial charge in [0, 0.05) is 20.6 Å². The van der Waals surface area contributed by atoms with Crippen molar-refractivity contribution >= 4 is 17.8 Å². The van der Waals surface area contributed by atoms with Gasteiger partial charge in [0.2, 0.25) is 11.8 Å². The topological polar surface area (TPSA) is 81.8 Å². The minimum absolute atomic E-state index is 0.0323. The fourth-order valence-corrected chi connectivity index (χ4v) is 1.44. The van der Waals surface area contributed by atoms with Crippen molar-refractivity contribution in [3.05, 3.63) is 0 Å². The van der Waals surface area contributed by atoms with E-state index in [1.54, 1.807) is 25.9 Å². The fraction of sp³-hybridized carbons (Fsp3) is 0.750. The summed E-state index contributed by atoms with van der Waals surface area (Å²) in [7, 11) is 3.34. The third-order valence-electron chi connectivity index (χ3n) is 2.36. The van der Waals surface area contributed by atoms with Crippen molar-refractivity contribution in [2.24, 2.45) is 0 Å². The number of rotatable bonds is 7. The van der Waals surface area contributed by atoms with E-state index in [4.69, 9.17) is 0 Å². The molecular weight excluding hydrogens is 248 g/mol. The van der Waals surface area contributed by atoms with Crippen LogP contribution in [0.2, 0.25) is 0 Å². The molecule has 0 rings (SSSR count). The van der Waals surface area contributed by atoms with E-state index in [9.17, 15) is 14.4 Å². The number of nitrogens with zero attached hydrogens (tertiary/aromatic N) is 2. The van der Waals surface area contributed by atoms with Gasteiger partial charge in [-0.2, -0.15) is 0 Å². The van der Waals surface area contributed by atoms with Gasteiger partial charge in [-0.3, -0.25) is 19.8 Å². The number of likely N-dealkylation sites (N-methyl/N-ethyl adjacent to an activating group) is 1. The van der Waals surface area contributed by atoms with Crippen LogP contribution in [0.3, 0.4) is 0 Å². The minimum atomic E-state index is -0.511. The lowest BCUT2D eigenvalue weighted by Gasteiger charge is -2.22. The number of urea groups is 1. The molecule has 110 valence electrons. The Morgan fingerprint density at radius 1 is 1.05 bits per heavy atom. The molecule has 0 aromatic carbocycles. The van der Waals surface area contributed by atoms with E-state index in [1.165, 1.54) is 4.90 Å². The van der Waals surface area contributed by atoms with Crippen molar-refractivity contribution in [1.29, 1.82) is 0 Å². The third kappa shape index (κ3) is 8.15. The van der Waals surface area contributed by atoms with E-state index >= 15 is 0 Å². The van der Waals surface area contributed by atoms with Crippen molar-refractivity contribution in [1.82, 2.24) is 20.4 Å². The van der Waals surface area contributed by atoms with Gasteiger partial charge in [0.1, 0.15) is 0 Å². The summed E-state index contributed by atoms with van der Waals surface area (Å²) in [6.07, 6.45) is 0.829. The zero-order valence-electron chi connectivity index (χ0n) is 12.2. The Hall–Kier alpha value is -1.63. The predicted molar refractivity (Wildman–Crippen MR) is 72.6 cm³/mol. The second-order valence-corrected chi connectivity index (χ2v) is 4.41. The Balaban J connectivity index is 4.29. The van der Waals surface area contributed by atoms with Gasteiger partial charge < -0.3 is 10.2 Å². The summed E-state index contributed by atoms with van der Waals surface area (Å²) < 4.78 is 0. The Morgan fingerprint density at radius 2 is 1.68 bits per heavy atom. The molecule has 0 spiro atoms. The Labute approximate surface area is 114 Å². The fourth-order valence-electron chi connectivity index (χ4n) is 1.44. The SMILES string of the molecule is CCCN(CC(=O)NC(=O)NCC)CC(=O)N(C)C. The van der Waals surface area contributed by atoms with Crippen LogP contribution in [0, 0.1) is 0 Å². The van der Waals surface area contributed by atoms with Gasteiger partial charge >= 0.3 is 6.03 Å². The van der Waals surface area contributed by atoms with Crippen LogP contribution in [0.5, 0.6) is 0 Å². The summed E-state index contributed by atoms with van der Waals surface area (Å²) in [6, 6.07) is -0.511. The van der Waals surface area contributed by atoms with Gasteiger partial charge in [-0.1, -0.05) is 6.92 Å². The first-order valence-corrected chi connectivity index (χ1v) is 6.40. The van der Waals surface area contributed by atoms with Crippen molar-refractivity contribution in [2.75, 3.05) is 40.3 Å². The zero-order valence-corrected chi connectivity index (χ0v) is 12.2. The highest BCUT2D eigenvalue weighted by Crippen LogP contribution is 1.93. The zero-order chi connectivity index (χ0) is 14.8. The minimum Gasteiger partial charge on any atom is -0.348 e. The maximum Gasteiger partial charge on any atom is 0.321 e. The van der Waals surface area contributed by atoms with E-state index in [2.05, 4.69) is 10.6 Å². The summed E-state index contributed by atoms with van der Waals surface area (Å²) in [6.45, 7) is 5.02. The highest BCUT2D eigenvalue weighted by atomic mass is 16.2. The second-order valence-electron chi connectivity index (χ2n) is 4.41. The van der Waals surface area contributed by atoms with Crippen molar-refractivity contribution in [3.63, 3.8) is 0 Å². The summed E-state index contributed by atoms with van der Waals surface area (Å²) >= 11 is 0. The first-order chi connectivity index (χ1) is 8.90. The molecule has 19 heavy (non-hydrogen) atoms. The second kappa shape index (κ2) is 9.32. The van der Waals surface area contributed by atoms with Gasteiger partial charge in [0.15, 0.2) is 0 Å². The standard InChI is InChI=1S/C12H24N4O3/c1-5-7-16(9-11(18)15(3)4)8-10(17)14-12(19)13-6-2/h5-9H2,1-4H3,(H2,13,14,17,19). The molecule has 0 saturated carbocycles. The van der Waals surface area contributed by atoms with E-state index in [0.29, 0.717) is 13.1 Å². The third-order valence-corrected chi connectivity index (χ3v) is 2.36. The van der Waals surface area contributed by atoms with E-state index < -0.39 is 11.9 Å². The lowest BCUT2D eigenvalue weighted by Crippen LogP contribution is -2.46. The molecule has 0 aromatic heterocycles. The van der Waals surface area contributed by atoms with Gasteiger partial charge in [-0.05, 0) is 19.9 Å². The van der Waals surface area contributed by atoms with Crippen LogP contribution in [0.4, 0.5) is 4.79 Å². The van der Waals surface area contributed by atoms with Crippen LogP contribution >= 0.6 is 0 Å². The van der Waals surface area contributed by atoms with Gasteiger partial charge in [-0.15, -0.1) is 0 Å². The van der Waals surface area contributed by atoms with E-state index in [1.807, 2.05) is 6.92 Å². The van der Waals surface area contributed by atoms with Crippen LogP contribution in [-0.4, -0.2) is 67.9 Å². The highest BCUT2D eigenvalue weighted by Gasteiger charge is 2.16. The number of carbonyl (C=O) groups excluding carboxylic acids is 3. The largest absolute Gasteiger partial charge is 0.348 e. The Morgan fingerprint density at radius 3 is 2.16 bits per heavy atom. The normalized spacial score (nSPS) is 10.2. The first-order valence-electron chi connectivity index (χ1n) is 6.40. The van der Waals surface area contributed by atoms with Crippen LogP contribution in [0.25, 0.3) is 0 Å². The molecule has 0 atom stereocenters. The molecule has 7 nitrogen and oxygen atoms in total. The molecule has 0 bridgehead atoms. The lowest BCUT2D eigenvalue weighted by atomic mass is 10.3. The average Bonchev–Trinajstić information content (AvgIpc) is 2.28. The van der Waals surface area contributed by atoms with Crippen molar-refractivity contribution in [2.45, 2.75) is 20.3 Å². The molecule has 0 heterocycles. The van der Waals surface area contributed by atoms with E-state index in [0.717, 1.165) is 6.42 Å². The van der Waals surface area contributed by atoms with Crippen LogP contribution in [0.1, 0.15) is 20.3 Å². The molecule has 0 aliphatic heterocycles. The number of hydrogen-bond donors (Lipinski definition) is 2. The Kier molecular flexibility index (Phi) is 8.52. The monoisotopic (exact) mass is 272 g/mol. The number of imide groups is 1. The van der Waals surface area contributed by atoms with Crippen LogP contribution in [-0.2, 0) is 9.59 Å². The molecule has 0 radical (unpaired) electrons. The average molecular weight is 272 g/mol. The van der Waals surface area contributed by atoms with Crippen molar-refractivity contribution in [3.8, 4) is 0 Å². The molecule has 0 unspecified atom stereocenters. The smallest absolute Gasteiger partial charge is 0.321 e. The number of amides is 4. The summed E-state index contributed by atoms with van der Waals surface area (Å²) in [5.74, 6) is -0.481. The molecule has 0 aromatic rings. The molecule has 0 aliphatic rings. The summed E-state index contributed by atoms with van der Waals surface area (Å²) in [4.78, 5) is 37.6. The highest BCUT2D eigenvalue weighted by molar-refractivity contribution is 5.95. The lowest BCUT2D eigenvalue weighted by molar-refractivity contribution is -0.130. The maximum absolute atomic E-state index is 11.6.